The second-order valence-corrected chi connectivity index (χ2v) is 7.29. The number of hydrogen-bond acceptors (Lipinski definition) is 5. The van der Waals surface area contributed by atoms with E-state index >= 15 is 0 Å². The molecule has 0 radical (unpaired) electrons. The molecule has 0 bridgehead atoms. The molecule has 0 aliphatic heterocycles. The van der Waals surface area contributed by atoms with Crippen LogP contribution in [0, 0.1) is 0 Å². The third kappa shape index (κ3) is 6.11. The summed E-state index contributed by atoms with van der Waals surface area (Å²) in [4.78, 5) is 11.1. The minimum absolute atomic E-state index is 0.0110. The minimum atomic E-state index is -3.51. The minimum Gasteiger partial charge on any atom is -0.487 e. The van der Waals surface area contributed by atoms with Crippen molar-refractivity contribution < 1.29 is 22.7 Å². The van der Waals surface area contributed by atoms with Crippen molar-refractivity contribution in [1.82, 2.24) is 0 Å². The number of anilines is 1. The van der Waals surface area contributed by atoms with Crippen LogP contribution < -0.4 is 14.2 Å². The molecule has 0 atom stereocenters. The molecule has 2 rings (SSSR count). The highest BCUT2D eigenvalue weighted by molar-refractivity contribution is 7.92. The second kappa shape index (κ2) is 8.53. The number of carbonyl (C=O) groups excluding carboxylic acids is 1. The van der Waals surface area contributed by atoms with E-state index in [1.807, 2.05) is 30.3 Å². The Kier molecular flexibility index (Phi) is 6.41. The molecule has 0 aromatic heterocycles. The van der Waals surface area contributed by atoms with Crippen molar-refractivity contribution in [1.29, 1.82) is 0 Å². The summed E-state index contributed by atoms with van der Waals surface area (Å²) < 4.78 is 37.4. The summed E-state index contributed by atoms with van der Waals surface area (Å²) in [6.07, 6.45) is 0.485. The molecule has 0 aliphatic carbocycles. The molecule has 134 valence electrons. The van der Waals surface area contributed by atoms with E-state index in [0.717, 1.165) is 5.56 Å². The summed E-state index contributed by atoms with van der Waals surface area (Å²) in [5.74, 6) is 0.108. The molecule has 0 aliphatic rings. The van der Waals surface area contributed by atoms with Crippen LogP contribution in [0.4, 0.5) is 5.69 Å². The molecule has 1 N–H and O–H groups in total. The van der Waals surface area contributed by atoms with Gasteiger partial charge in [-0.15, -0.1) is 0 Å². The van der Waals surface area contributed by atoms with Crippen molar-refractivity contribution in [3.8, 4) is 11.5 Å². The first kappa shape index (κ1) is 18.8. The number of carbonyl (C=O) groups is 1. The van der Waals surface area contributed by atoms with Crippen LogP contribution in [-0.2, 0) is 21.4 Å². The van der Waals surface area contributed by atoms with E-state index in [2.05, 4.69) is 4.72 Å². The molecule has 2 aromatic rings. The van der Waals surface area contributed by atoms with Crippen LogP contribution in [0.5, 0.6) is 11.5 Å². The molecular formula is C18H21NO5S. The van der Waals surface area contributed by atoms with E-state index in [-0.39, 0.29) is 23.8 Å². The van der Waals surface area contributed by atoms with Gasteiger partial charge >= 0.3 is 5.97 Å². The molecule has 0 unspecified atom stereocenters. The number of hydrogen-bond donors (Lipinski definition) is 1. The van der Waals surface area contributed by atoms with Crippen molar-refractivity contribution in [3.63, 3.8) is 0 Å². The third-order valence-electron chi connectivity index (χ3n) is 3.19. The number of esters is 1. The predicted molar refractivity (Wildman–Crippen MR) is 96.2 cm³/mol. The average Bonchev–Trinajstić information content (AvgIpc) is 2.54. The lowest BCUT2D eigenvalue weighted by atomic mass is 10.2. The van der Waals surface area contributed by atoms with Gasteiger partial charge in [0, 0.05) is 13.0 Å². The van der Waals surface area contributed by atoms with Gasteiger partial charge in [0.2, 0.25) is 10.0 Å². The summed E-state index contributed by atoms with van der Waals surface area (Å²) in [7, 11) is -3.51. The second-order valence-electron chi connectivity index (χ2n) is 5.45. The Balaban J connectivity index is 2.25. The molecule has 0 spiro atoms. The van der Waals surface area contributed by atoms with Crippen molar-refractivity contribution in [3.05, 3.63) is 54.1 Å². The van der Waals surface area contributed by atoms with Gasteiger partial charge in [0.1, 0.15) is 18.1 Å². The Morgan fingerprint density at radius 3 is 2.48 bits per heavy atom. The van der Waals surface area contributed by atoms with E-state index in [4.69, 9.17) is 9.47 Å². The molecule has 7 heteroatoms. The van der Waals surface area contributed by atoms with Crippen LogP contribution in [-0.4, -0.2) is 20.1 Å². The van der Waals surface area contributed by atoms with Crippen LogP contribution in [0.2, 0.25) is 0 Å². The molecule has 25 heavy (non-hydrogen) atoms. The first-order valence-electron chi connectivity index (χ1n) is 7.89. The van der Waals surface area contributed by atoms with E-state index in [1.54, 1.807) is 19.1 Å². The summed E-state index contributed by atoms with van der Waals surface area (Å²) in [5, 5.41) is 0. The average molecular weight is 363 g/mol. The predicted octanol–water partition coefficient (Wildman–Crippen LogP) is 3.34. The monoisotopic (exact) mass is 363 g/mol. The van der Waals surface area contributed by atoms with Gasteiger partial charge in [0.15, 0.2) is 0 Å². The van der Waals surface area contributed by atoms with Crippen molar-refractivity contribution >= 4 is 21.7 Å². The molecule has 2 aromatic carbocycles. The number of ether oxygens (including phenoxy) is 2. The first-order valence-corrected chi connectivity index (χ1v) is 9.54. The van der Waals surface area contributed by atoms with Gasteiger partial charge in [-0.1, -0.05) is 37.3 Å². The molecule has 0 saturated carbocycles. The van der Waals surface area contributed by atoms with Crippen LogP contribution in [0.25, 0.3) is 0 Å². The third-order valence-corrected chi connectivity index (χ3v) is 4.66. The van der Waals surface area contributed by atoms with Gasteiger partial charge in [-0.2, -0.15) is 0 Å². The van der Waals surface area contributed by atoms with E-state index in [1.165, 1.54) is 13.0 Å². The summed E-state index contributed by atoms with van der Waals surface area (Å²) in [6, 6.07) is 14.1. The summed E-state index contributed by atoms with van der Waals surface area (Å²) in [6.45, 7) is 3.35. The van der Waals surface area contributed by atoms with Gasteiger partial charge in [-0.25, -0.2) is 8.42 Å². The van der Waals surface area contributed by atoms with Crippen molar-refractivity contribution in [2.75, 3.05) is 10.5 Å². The Hall–Kier alpha value is -2.54. The SMILES string of the molecule is CCCS(=O)(=O)Nc1cc(OC(C)=O)ccc1OCc1ccccc1. The largest absolute Gasteiger partial charge is 0.487 e. The summed E-state index contributed by atoms with van der Waals surface area (Å²) in [5.41, 5.74) is 1.19. The molecule has 0 saturated heterocycles. The molecule has 0 amide bonds. The van der Waals surface area contributed by atoms with Crippen LogP contribution >= 0.6 is 0 Å². The van der Waals surface area contributed by atoms with Gasteiger partial charge in [0.25, 0.3) is 0 Å². The highest BCUT2D eigenvalue weighted by Crippen LogP contribution is 2.31. The highest BCUT2D eigenvalue weighted by Gasteiger charge is 2.15. The van der Waals surface area contributed by atoms with Crippen molar-refractivity contribution in [2.45, 2.75) is 26.9 Å². The maximum Gasteiger partial charge on any atom is 0.308 e. The molecule has 0 fully saturated rings. The maximum atomic E-state index is 12.1. The van der Waals surface area contributed by atoms with Crippen molar-refractivity contribution in [2.24, 2.45) is 0 Å². The smallest absolute Gasteiger partial charge is 0.308 e. The quantitative estimate of drug-likeness (QED) is 0.575. The van der Waals surface area contributed by atoms with Gasteiger partial charge in [0.05, 0.1) is 11.4 Å². The van der Waals surface area contributed by atoms with E-state index in [0.29, 0.717) is 12.2 Å². The number of benzene rings is 2. The highest BCUT2D eigenvalue weighted by atomic mass is 32.2. The molecule has 0 heterocycles. The van der Waals surface area contributed by atoms with E-state index < -0.39 is 16.0 Å². The van der Waals surface area contributed by atoms with Crippen LogP contribution in [0.15, 0.2) is 48.5 Å². The fourth-order valence-electron chi connectivity index (χ4n) is 2.17. The van der Waals surface area contributed by atoms with E-state index in [9.17, 15) is 13.2 Å². The Labute approximate surface area is 147 Å². The lowest BCUT2D eigenvalue weighted by Crippen LogP contribution is -2.17. The lowest BCUT2D eigenvalue weighted by molar-refractivity contribution is -0.131. The zero-order chi connectivity index (χ0) is 18.3. The number of rotatable bonds is 8. The zero-order valence-corrected chi connectivity index (χ0v) is 15.0. The standard InChI is InChI=1S/C18H21NO5S/c1-3-11-25(21,22)19-17-12-16(24-14(2)20)9-10-18(17)23-13-15-7-5-4-6-8-15/h4-10,12,19H,3,11,13H2,1-2H3. The van der Waals surface area contributed by atoms with Gasteiger partial charge in [-0.05, 0) is 24.1 Å². The summed E-state index contributed by atoms with van der Waals surface area (Å²) >= 11 is 0. The molecular weight excluding hydrogens is 342 g/mol. The Morgan fingerprint density at radius 2 is 1.84 bits per heavy atom. The number of sulfonamides is 1. The molecule has 6 nitrogen and oxygen atoms in total. The van der Waals surface area contributed by atoms with Gasteiger partial charge in [-0.3, -0.25) is 9.52 Å². The topological polar surface area (TPSA) is 81.7 Å². The normalized spacial score (nSPS) is 11.0. The fraction of sp³-hybridized carbons (Fsp3) is 0.278. The zero-order valence-electron chi connectivity index (χ0n) is 14.2. The Morgan fingerprint density at radius 1 is 1.12 bits per heavy atom. The number of nitrogens with one attached hydrogen (secondary N) is 1. The van der Waals surface area contributed by atoms with Gasteiger partial charge < -0.3 is 9.47 Å². The van der Waals surface area contributed by atoms with Crippen LogP contribution in [0.1, 0.15) is 25.8 Å². The first-order chi connectivity index (χ1) is 11.9. The maximum absolute atomic E-state index is 12.1. The fourth-order valence-corrected chi connectivity index (χ4v) is 3.30. The van der Waals surface area contributed by atoms with Crippen LogP contribution in [0.3, 0.4) is 0 Å². The Bertz CT molecular complexity index is 819. The lowest BCUT2D eigenvalue weighted by Gasteiger charge is -2.15.